The predicted octanol–water partition coefficient (Wildman–Crippen LogP) is 3.55. The molecular formula is C19H24N2O3S2. The lowest BCUT2D eigenvalue weighted by molar-refractivity contribution is 0.238. The van der Waals surface area contributed by atoms with Crippen LogP contribution in [0.4, 0.5) is 4.79 Å². The Hall–Kier alpha value is -1.99. The van der Waals surface area contributed by atoms with Crippen molar-refractivity contribution in [2.75, 3.05) is 18.6 Å². The molecule has 2 N–H and O–H groups in total. The van der Waals surface area contributed by atoms with Gasteiger partial charge in [-0.25, -0.2) is 13.2 Å². The molecule has 0 saturated heterocycles. The van der Waals surface area contributed by atoms with Crippen molar-refractivity contribution in [3.05, 3.63) is 59.7 Å². The maximum absolute atomic E-state index is 12.0. The number of sulfone groups is 1. The van der Waals surface area contributed by atoms with Crippen molar-refractivity contribution >= 4 is 27.6 Å². The number of benzene rings is 2. The number of hydrogen-bond donors (Lipinski definition) is 2. The molecule has 0 heterocycles. The van der Waals surface area contributed by atoms with E-state index in [1.165, 1.54) is 16.7 Å². The summed E-state index contributed by atoms with van der Waals surface area (Å²) in [6.07, 6.45) is 1.17. The van der Waals surface area contributed by atoms with Crippen LogP contribution in [0.25, 0.3) is 0 Å². The third kappa shape index (κ3) is 6.38. The van der Waals surface area contributed by atoms with E-state index in [2.05, 4.69) is 41.8 Å². The van der Waals surface area contributed by atoms with Gasteiger partial charge in [-0.15, -0.1) is 11.8 Å². The lowest BCUT2D eigenvalue weighted by Crippen LogP contribution is -2.38. The highest BCUT2D eigenvalue weighted by molar-refractivity contribution is 7.99. The smallest absolute Gasteiger partial charge is 0.315 e. The maximum Gasteiger partial charge on any atom is 0.315 e. The second kappa shape index (κ2) is 9.09. The van der Waals surface area contributed by atoms with Crippen LogP contribution in [0, 0.1) is 6.92 Å². The zero-order valence-corrected chi connectivity index (χ0v) is 16.8. The molecule has 140 valence electrons. The molecule has 2 amide bonds. The van der Waals surface area contributed by atoms with Gasteiger partial charge in [0.25, 0.3) is 0 Å². The van der Waals surface area contributed by atoms with Crippen LogP contribution < -0.4 is 10.6 Å². The Labute approximate surface area is 159 Å². The van der Waals surface area contributed by atoms with Gasteiger partial charge in [-0.05, 0) is 43.7 Å². The zero-order valence-electron chi connectivity index (χ0n) is 15.2. The summed E-state index contributed by atoms with van der Waals surface area (Å²) < 4.78 is 23.0. The number of urea groups is 1. The highest BCUT2D eigenvalue weighted by Crippen LogP contribution is 2.18. The number of amides is 2. The summed E-state index contributed by atoms with van der Waals surface area (Å²) in [6, 6.07) is 14.4. The van der Waals surface area contributed by atoms with Gasteiger partial charge in [0.1, 0.15) is 0 Å². The summed E-state index contributed by atoms with van der Waals surface area (Å²) in [5, 5.41) is 5.69. The Bertz CT molecular complexity index is 832. The summed E-state index contributed by atoms with van der Waals surface area (Å²) in [4.78, 5) is 13.4. The average Bonchev–Trinajstić information content (AvgIpc) is 2.59. The van der Waals surface area contributed by atoms with E-state index in [1.54, 1.807) is 36.0 Å². The van der Waals surface area contributed by atoms with Gasteiger partial charge in [-0.1, -0.05) is 29.8 Å². The molecule has 0 radical (unpaired) electrons. The summed E-state index contributed by atoms with van der Waals surface area (Å²) in [5.74, 6) is 0.786. The molecule has 2 rings (SSSR count). The quantitative estimate of drug-likeness (QED) is 0.558. The van der Waals surface area contributed by atoms with E-state index in [0.717, 1.165) is 11.3 Å². The lowest BCUT2D eigenvalue weighted by atomic mass is 10.1. The molecule has 0 aromatic heterocycles. The summed E-state index contributed by atoms with van der Waals surface area (Å²) in [5.41, 5.74) is 2.08. The number of carbonyl (C=O) groups excluding carboxylic acids is 1. The minimum atomic E-state index is -3.21. The van der Waals surface area contributed by atoms with Crippen LogP contribution in [0.5, 0.6) is 0 Å². The van der Waals surface area contributed by atoms with Crippen molar-refractivity contribution in [3.63, 3.8) is 0 Å². The van der Waals surface area contributed by atoms with Crippen LogP contribution in [0.2, 0.25) is 0 Å². The topological polar surface area (TPSA) is 75.3 Å². The van der Waals surface area contributed by atoms with Gasteiger partial charge in [0.15, 0.2) is 9.84 Å². The van der Waals surface area contributed by atoms with Gasteiger partial charge in [0.2, 0.25) is 0 Å². The highest BCUT2D eigenvalue weighted by Gasteiger charge is 2.11. The molecule has 0 spiro atoms. The van der Waals surface area contributed by atoms with E-state index >= 15 is 0 Å². The standard InChI is InChI=1S/C19H24N2O3S2/c1-14-4-8-17(9-5-14)25-13-12-20-19(22)21-15(2)16-6-10-18(11-7-16)26(3,23)24/h4-11,15H,12-13H2,1-3H3,(H2,20,21,22). The Morgan fingerprint density at radius 2 is 1.69 bits per heavy atom. The van der Waals surface area contributed by atoms with E-state index in [9.17, 15) is 13.2 Å². The van der Waals surface area contributed by atoms with E-state index < -0.39 is 9.84 Å². The Morgan fingerprint density at radius 3 is 2.27 bits per heavy atom. The van der Waals surface area contributed by atoms with Crippen molar-refractivity contribution in [3.8, 4) is 0 Å². The number of nitrogens with one attached hydrogen (secondary N) is 2. The molecule has 5 nitrogen and oxygen atoms in total. The first kappa shape index (κ1) is 20.3. The molecule has 2 aromatic rings. The monoisotopic (exact) mass is 392 g/mol. The molecule has 0 fully saturated rings. The normalized spacial score (nSPS) is 12.4. The van der Waals surface area contributed by atoms with Crippen molar-refractivity contribution < 1.29 is 13.2 Å². The van der Waals surface area contributed by atoms with Crippen LogP contribution in [0.1, 0.15) is 24.1 Å². The fourth-order valence-electron chi connectivity index (χ4n) is 2.30. The largest absolute Gasteiger partial charge is 0.337 e. The molecule has 2 aromatic carbocycles. The van der Waals surface area contributed by atoms with Gasteiger partial charge in [-0.2, -0.15) is 0 Å². The van der Waals surface area contributed by atoms with Crippen molar-refractivity contribution in [2.45, 2.75) is 29.7 Å². The second-order valence-electron chi connectivity index (χ2n) is 6.12. The zero-order chi connectivity index (χ0) is 19.2. The van der Waals surface area contributed by atoms with Crippen LogP contribution >= 0.6 is 11.8 Å². The van der Waals surface area contributed by atoms with Crippen LogP contribution in [0.3, 0.4) is 0 Å². The predicted molar refractivity (Wildman–Crippen MR) is 106 cm³/mol. The number of thioether (sulfide) groups is 1. The van der Waals surface area contributed by atoms with Crippen LogP contribution in [-0.4, -0.2) is 33.0 Å². The first-order valence-corrected chi connectivity index (χ1v) is 11.2. The summed E-state index contributed by atoms with van der Waals surface area (Å²) in [7, 11) is -3.21. The molecule has 0 aliphatic rings. The van der Waals surface area contributed by atoms with Crippen LogP contribution in [0.15, 0.2) is 58.3 Å². The number of aryl methyl sites for hydroxylation is 1. The second-order valence-corrected chi connectivity index (χ2v) is 9.31. The molecule has 26 heavy (non-hydrogen) atoms. The van der Waals surface area contributed by atoms with Crippen molar-refractivity contribution in [1.82, 2.24) is 10.6 Å². The minimum absolute atomic E-state index is 0.214. The molecule has 1 atom stereocenters. The minimum Gasteiger partial charge on any atom is -0.337 e. The molecule has 1 unspecified atom stereocenters. The van der Waals surface area contributed by atoms with E-state index in [-0.39, 0.29) is 17.0 Å². The van der Waals surface area contributed by atoms with Gasteiger partial charge in [0.05, 0.1) is 10.9 Å². The highest BCUT2D eigenvalue weighted by atomic mass is 32.2. The Kier molecular flexibility index (Phi) is 7.11. The van der Waals surface area contributed by atoms with E-state index in [4.69, 9.17) is 0 Å². The third-order valence-corrected chi connectivity index (χ3v) is 5.98. The fraction of sp³-hybridized carbons (Fsp3) is 0.316. The first-order valence-electron chi connectivity index (χ1n) is 8.29. The third-order valence-electron chi connectivity index (χ3n) is 3.83. The average molecular weight is 393 g/mol. The maximum atomic E-state index is 12.0. The molecule has 0 saturated carbocycles. The van der Waals surface area contributed by atoms with Gasteiger partial charge in [-0.3, -0.25) is 0 Å². The van der Waals surface area contributed by atoms with Gasteiger partial charge >= 0.3 is 6.03 Å². The molecular weight excluding hydrogens is 368 g/mol. The number of hydrogen-bond acceptors (Lipinski definition) is 4. The van der Waals surface area contributed by atoms with Crippen LogP contribution in [-0.2, 0) is 9.84 Å². The van der Waals surface area contributed by atoms with E-state index in [0.29, 0.717) is 6.54 Å². The van der Waals surface area contributed by atoms with Gasteiger partial charge < -0.3 is 10.6 Å². The summed E-state index contributed by atoms with van der Waals surface area (Å²) in [6.45, 7) is 4.47. The lowest BCUT2D eigenvalue weighted by Gasteiger charge is -2.15. The van der Waals surface area contributed by atoms with Crippen molar-refractivity contribution in [1.29, 1.82) is 0 Å². The first-order chi connectivity index (χ1) is 12.3. The van der Waals surface area contributed by atoms with E-state index in [1.807, 2.05) is 6.92 Å². The molecule has 0 aliphatic carbocycles. The molecule has 0 aliphatic heterocycles. The summed E-state index contributed by atoms with van der Waals surface area (Å²) >= 11 is 1.69. The number of carbonyl (C=O) groups is 1. The number of rotatable bonds is 7. The Balaban J connectivity index is 1.75. The van der Waals surface area contributed by atoms with Crippen molar-refractivity contribution in [2.24, 2.45) is 0 Å². The van der Waals surface area contributed by atoms with Gasteiger partial charge in [0, 0.05) is 23.4 Å². The molecule has 0 bridgehead atoms. The molecule has 7 heteroatoms. The SMILES string of the molecule is Cc1ccc(SCCNC(=O)NC(C)c2ccc(S(C)(=O)=O)cc2)cc1. The fourth-order valence-corrected chi connectivity index (χ4v) is 3.70. The Morgan fingerprint density at radius 1 is 1.08 bits per heavy atom.